The van der Waals surface area contributed by atoms with Crippen LogP contribution in [0.15, 0.2) is 36.7 Å². The molecule has 1 amide bonds. The van der Waals surface area contributed by atoms with Gasteiger partial charge in [-0.05, 0) is 43.5 Å². The van der Waals surface area contributed by atoms with Crippen LogP contribution in [0.1, 0.15) is 43.0 Å². The Kier molecular flexibility index (Phi) is 6.04. The van der Waals surface area contributed by atoms with Crippen LogP contribution in [0.5, 0.6) is 0 Å². The van der Waals surface area contributed by atoms with Gasteiger partial charge in [0, 0.05) is 50.5 Å². The number of nitrogens with zero attached hydrogens (tertiary/aromatic N) is 4. The summed E-state index contributed by atoms with van der Waals surface area (Å²) in [4.78, 5) is 25.4. The Morgan fingerprint density at radius 1 is 1.15 bits per heavy atom. The van der Waals surface area contributed by atoms with Crippen molar-refractivity contribution in [1.29, 1.82) is 0 Å². The van der Waals surface area contributed by atoms with Crippen LogP contribution in [0.3, 0.4) is 0 Å². The summed E-state index contributed by atoms with van der Waals surface area (Å²) in [5, 5.41) is 2.91. The molecule has 138 valence electrons. The molecule has 0 bridgehead atoms. The van der Waals surface area contributed by atoms with Gasteiger partial charge in [0.25, 0.3) is 5.91 Å². The second-order valence-electron chi connectivity index (χ2n) is 6.74. The zero-order valence-corrected chi connectivity index (χ0v) is 15.6. The van der Waals surface area contributed by atoms with Crippen LogP contribution in [0.4, 0.5) is 17.3 Å². The molecule has 1 aliphatic rings. The van der Waals surface area contributed by atoms with E-state index in [1.54, 1.807) is 12.4 Å². The van der Waals surface area contributed by atoms with E-state index >= 15 is 0 Å². The maximum atomic E-state index is 12.4. The summed E-state index contributed by atoms with van der Waals surface area (Å²) in [5.74, 6) is 0.451. The number of amides is 1. The largest absolute Gasteiger partial charge is 0.372 e. The van der Waals surface area contributed by atoms with Gasteiger partial charge in [0.15, 0.2) is 0 Å². The minimum atomic E-state index is -0.193. The summed E-state index contributed by atoms with van der Waals surface area (Å²) < 4.78 is 0. The highest BCUT2D eigenvalue weighted by molar-refractivity contribution is 6.03. The minimum absolute atomic E-state index is 0.193. The lowest BCUT2D eigenvalue weighted by atomic mass is 10.2. The normalized spacial score (nSPS) is 13.7. The van der Waals surface area contributed by atoms with E-state index in [0.29, 0.717) is 11.5 Å². The van der Waals surface area contributed by atoms with Crippen molar-refractivity contribution in [3.63, 3.8) is 0 Å². The molecule has 1 aromatic carbocycles. The molecule has 0 radical (unpaired) electrons. The van der Waals surface area contributed by atoms with Crippen LogP contribution < -0.4 is 15.1 Å². The minimum Gasteiger partial charge on any atom is -0.372 e. The summed E-state index contributed by atoms with van der Waals surface area (Å²) in [6.45, 7) is 5.29. The molecule has 0 spiro atoms. The van der Waals surface area contributed by atoms with Gasteiger partial charge in [0.1, 0.15) is 0 Å². The molecule has 1 aliphatic heterocycles. The van der Waals surface area contributed by atoms with Crippen molar-refractivity contribution in [2.24, 2.45) is 0 Å². The van der Waals surface area contributed by atoms with E-state index in [0.717, 1.165) is 38.2 Å². The molecule has 1 aromatic heterocycles. The molecule has 0 aliphatic carbocycles. The van der Waals surface area contributed by atoms with Crippen molar-refractivity contribution in [1.82, 2.24) is 9.97 Å². The van der Waals surface area contributed by atoms with Crippen molar-refractivity contribution in [3.05, 3.63) is 42.2 Å². The quantitative estimate of drug-likeness (QED) is 0.824. The molecule has 1 fully saturated rings. The van der Waals surface area contributed by atoms with Crippen molar-refractivity contribution in [3.8, 4) is 0 Å². The van der Waals surface area contributed by atoms with Gasteiger partial charge in [-0.3, -0.25) is 4.79 Å². The number of unbranched alkanes of at least 4 members (excludes halogenated alkanes) is 1. The molecule has 0 saturated carbocycles. The van der Waals surface area contributed by atoms with E-state index in [9.17, 15) is 4.79 Å². The number of hydrogen-bond acceptors (Lipinski definition) is 5. The Morgan fingerprint density at radius 3 is 2.42 bits per heavy atom. The lowest BCUT2D eigenvalue weighted by Crippen LogP contribution is -2.21. The van der Waals surface area contributed by atoms with E-state index in [-0.39, 0.29) is 5.91 Å². The SMILES string of the molecule is CCCCN(C)c1ncc(C(=O)Nc2ccc(N3CCCC3)cc2)cn1. The van der Waals surface area contributed by atoms with E-state index in [2.05, 4.69) is 39.2 Å². The zero-order valence-electron chi connectivity index (χ0n) is 15.6. The third-order valence-electron chi connectivity index (χ3n) is 4.69. The molecule has 26 heavy (non-hydrogen) atoms. The van der Waals surface area contributed by atoms with Gasteiger partial charge in [-0.25, -0.2) is 9.97 Å². The molecule has 0 atom stereocenters. The molecule has 2 heterocycles. The predicted molar refractivity (Wildman–Crippen MR) is 106 cm³/mol. The fourth-order valence-corrected chi connectivity index (χ4v) is 3.07. The average molecular weight is 353 g/mol. The van der Waals surface area contributed by atoms with Crippen LogP contribution in [0.2, 0.25) is 0 Å². The van der Waals surface area contributed by atoms with Gasteiger partial charge in [0.05, 0.1) is 5.56 Å². The van der Waals surface area contributed by atoms with Crippen LogP contribution in [0.25, 0.3) is 0 Å². The second kappa shape index (κ2) is 8.65. The van der Waals surface area contributed by atoms with Crippen molar-refractivity contribution in [2.75, 3.05) is 41.8 Å². The first-order valence-corrected chi connectivity index (χ1v) is 9.37. The Bertz CT molecular complexity index is 708. The van der Waals surface area contributed by atoms with Gasteiger partial charge in [-0.1, -0.05) is 13.3 Å². The molecular formula is C20H27N5O. The van der Waals surface area contributed by atoms with Crippen molar-refractivity contribution < 1.29 is 4.79 Å². The Balaban J connectivity index is 1.59. The monoisotopic (exact) mass is 353 g/mol. The summed E-state index contributed by atoms with van der Waals surface area (Å²) >= 11 is 0. The average Bonchev–Trinajstić information content (AvgIpc) is 3.21. The Morgan fingerprint density at radius 2 is 1.81 bits per heavy atom. The lowest BCUT2D eigenvalue weighted by molar-refractivity contribution is 0.102. The van der Waals surface area contributed by atoms with Gasteiger partial charge < -0.3 is 15.1 Å². The van der Waals surface area contributed by atoms with Crippen LogP contribution >= 0.6 is 0 Å². The van der Waals surface area contributed by atoms with Crippen LogP contribution in [-0.4, -0.2) is 42.6 Å². The van der Waals surface area contributed by atoms with E-state index in [1.165, 1.54) is 18.5 Å². The second-order valence-corrected chi connectivity index (χ2v) is 6.74. The first-order chi connectivity index (χ1) is 12.7. The third-order valence-corrected chi connectivity index (χ3v) is 4.69. The predicted octanol–water partition coefficient (Wildman–Crippen LogP) is 3.57. The number of benzene rings is 1. The van der Waals surface area contributed by atoms with Crippen molar-refractivity contribution >= 4 is 23.2 Å². The molecule has 1 N–H and O–H groups in total. The summed E-state index contributed by atoms with van der Waals surface area (Å²) in [7, 11) is 1.96. The summed E-state index contributed by atoms with van der Waals surface area (Å²) in [6.07, 6.45) is 7.89. The summed E-state index contributed by atoms with van der Waals surface area (Å²) in [6, 6.07) is 8.01. The third kappa shape index (κ3) is 4.50. The highest BCUT2D eigenvalue weighted by atomic mass is 16.1. The van der Waals surface area contributed by atoms with E-state index in [4.69, 9.17) is 0 Å². The van der Waals surface area contributed by atoms with Crippen LogP contribution in [-0.2, 0) is 0 Å². The number of aromatic nitrogens is 2. The highest BCUT2D eigenvalue weighted by Crippen LogP contribution is 2.22. The molecule has 0 unspecified atom stereocenters. The molecular weight excluding hydrogens is 326 g/mol. The Hall–Kier alpha value is -2.63. The molecule has 1 saturated heterocycles. The number of hydrogen-bond donors (Lipinski definition) is 1. The number of anilines is 3. The first kappa shape index (κ1) is 18.2. The highest BCUT2D eigenvalue weighted by Gasteiger charge is 2.13. The first-order valence-electron chi connectivity index (χ1n) is 9.37. The zero-order chi connectivity index (χ0) is 18.4. The number of rotatable bonds is 7. The van der Waals surface area contributed by atoms with Gasteiger partial charge >= 0.3 is 0 Å². The molecule has 2 aromatic rings. The smallest absolute Gasteiger partial charge is 0.258 e. The standard InChI is InChI=1S/C20H27N5O/c1-3-4-11-24(2)20-21-14-16(15-22-20)19(26)23-17-7-9-18(10-8-17)25-12-5-6-13-25/h7-10,14-15H,3-6,11-13H2,1-2H3,(H,23,26). The molecule has 3 rings (SSSR count). The number of carbonyl (C=O) groups is 1. The Labute approximate surface area is 155 Å². The van der Waals surface area contributed by atoms with Crippen molar-refractivity contribution in [2.45, 2.75) is 32.6 Å². The fraction of sp³-hybridized carbons (Fsp3) is 0.450. The van der Waals surface area contributed by atoms with Gasteiger partial charge in [0.2, 0.25) is 5.95 Å². The number of carbonyl (C=O) groups excluding carboxylic acids is 1. The molecule has 6 heteroatoms. The fourth-order valence-electron chi connectivity index (χ4n) is 3.07. The van der Waals surface area contributed by atoms with Gasteiger partial charge in [-0.15, -0.1) is 0 Å². The topological polar surface area (TPSA) is 61.4 Å². The lowest BCUT2D eigenvalue weighted by Gasteiger charge is -2.18. The van der Waals surface area contributed by atoms with E-state index in [1.807, 2.05) is 24.1 Å². The number of nitrogens with one attached hydrogen (secondary N) is 1. The maximum absolute atomic E-state index is 12.4. The maximum Gasteiger partial charge on any atom is 0.258 e. The van der Waals surface area contributed by atoms with Crippen LogP contribution in [0, 0.1) is 0 Å². The van der Waals surface area contributed by atoms with E-state index < -0.39 is 0 Å². The van der Waals surface area contributed by atoms with Gasteiger partial charge in [-0.2, -0.15) is 0 Å². The summed E-state index contributed by atoms with van der Waals surface area (Å²) in [5.41, 5.74) is 2.45. The molecule has 6 nitrogen and oxygen atoms in total.